The second kappa shape index (κ2) is 10.8. The molecule has 1 N–H and O–H groups in total. The second-order valence-electron chi connectivity index (χ2n) is 8.26. The highest BCUT2D eigenvalue weighted by molar-refractivity contribution is 5.53. The van der Waals surface area contributed by atoms with Crippen LogP contribution in [0.15, 0.2) is 52.7 Å². The Kier molecular flexibility index (Phi) is 8.49. The number of aromatic hydroxyl groups is 1. The van der Waals surface area contributed by atoms with Gasteiger partial charge in [0, 0.05) is 0 Å². The monoisotopic (exact) mass is 382 g/mol. The van der Waals surface area contributed by atoms with Gasteiger partial charge in [0.05, 0.1) is 18.0 Å². The van der Waals surface area contributed by atoms with E-state index < -0.39 is 0 Å². The van der Waals surface area contributed by atoms with Gasteiger partial charge in [0.2, 0.25) is 0 Å². The molecule has 0 fully saturated rings. The van der Waals surface area contributed by atoms with Crippen molar-refractivity contribution in [1.82, 2.24) is 0 Å². The first-order valence-electron chi connectivity index (χ1n) is 10.4. The van der Waals surface area contributed by atoms with Crippen LogP contribution in [0.5, 0.6) is 11.5 Å². The van der Waals surface area contributed by atoms with E-state index in [4.69, 9.17) is 4.74 Å². The van der Waals surface area contributed by atoms with E-state index in [2.05, 4.69) is 37.9 Å². The zero-order valence-electron chi connectivity index (χ0n) is 17.7. The number of hydrogen-bond acceptors (Lipinski definition) is 4. The molecule has 0 spiro atoms. The molecule has 0 bridgehead atoms. The average molecular weight is 383 g/mol. The molecule has 28 heavy (non-hydrogen) atoms. The Bertz CT molecular complexity index is 746. The number of ether oxygens (including phenoxy) is 1. The van der Waals surface area contributed by atoms with Crippen LogP contribution in [0.2, 0.25) is 0 Å². The third-order valence-electron chi connectivity index (χ3n) is 4.66. The van der Waals surface area contributed by atoms with Gasteiger partial charge in [0.15, 0.2) is 0 Å². The van der Waals surface area contributed by atoms with E-state index in [-0.39, 0.29) is 11.2 Å². The fourth-order valence-corrected chi connectivity index (χ4v) is 3.00. The molecule has 4 heteroatoms. The lowest BCUT2D eigenvalue weighted by Crippen LogP contribution is -2.10. The fourth-order valence-electron chi connectivity index (χ4n) is 3.00. The van der Waals surface area contributed by atoms with Crippen molar-refractivity contribution in [1.29, 1.82) is 0 Å². The van der Waals surface area contributed by atoms with Gasteiger partial charge >= 0.3 is 0 Å². The van der Waals surface area contributed by atoms with Crippen molar-refractivity contribution in [3.05, 3.63) is 48.0 Å². The lowest BCUT2D eigenvalue weighted by molar-refractivity contribution is 0.304. The van der Waals surface area contributed by atoms with Gasteiger partial charge in [-0.05, 0) is 59.9 Å². The van der Waals surface area contributed by atoms with Gasteiger partial charge in [-0.3, -0.25) is 0 Å². The number of rotatable bonds is 10. The van der Waals surface area contributed by atoms with Crippen LogP contribution in [0.3, 0.4) is 0 Å². The first-order valence-corrected chi connectivity index (χ1v) is 10.4. The van der Waals surface area contributed by atoms with Crippen molar-refractivity contribution >= 4 is 11.4 Å². The molecule has 2 rings (SSSR count). The zero-order valence-corrected chi connectivity index (χ0v) is 17.7. The molecule has 2 aromatic rings. The van der Waals surface area contributed by atoms with E-state index >= 15 is 0 Å². The maximum Gasteiger partial charge on any atom is 0.119 e. The Labute approximate surface area is 169 Å². The highest BCUT2D eigenvalue weighted by Gasteiger charge is 2.18. The van der Waals surface area contributed by atoms with Crippen molar-refractivity contribution in [3.8, 4) is 11.5 Å². The Morgan fingerprint density at radius 3 is 2.21 bits per heavy atom. The van der Waals surface area contributed by atoms with Gasteiger partial charge < -0.3 is 9.84 Å². The molecule has 0 radical (unpaired) electrons. The largest absolute Gasteiger partial charge is 0.508 e. The average Bonchev–Trinajstić information content (AvgIpc) is 2.66. The molecule has 0 saturated heterocycles. The van der Waals surface area contributed by atoms with Crippen molar-refractivity contribution in [3.63, 3.8) is 0 Å². The van der Waals surface area contributed by atoms with Crippen molar-refractivity contribution in [2.24, 2.45) is 10.2 Å². The van der Waals surface area contributed by atoms with Gasteiger partial charge in [0.25, 0.3) is 0 Å². The molecule has 0 aliphatic rings. The molecule has 0 saturated carbocycles. The topological polar surface area (TPSA) is 54.2 Å². The predicted octanol–water partition coefficient (Wildman–Crippen LogP) is 7.84. The molecule has 0 heterocycles. The summed E-state index contributed by atoms with van der Waals surface area (Å²) in [6.45, 7) is 9.28. The summed E-state index contributed by atoms with van der Waals surface area (Å²) >= 11 is 0. The summed E-state index contributed by atoms with van der Waals surface area (Å²) in [6, 6.07) is 12.9. The molecule has 0 aliphatic carbocycles. The van der Waals surface area contributed by atoms with Gasteiger partial charge in [-0.25, -0.2) is 0 Å². The Morgan fingerprint density at radius 1 is 0.857 bits per heavy atom. The SMILES string of the molecule is CCCCCCCCOc1ccc(N=Nc2ccc(O)cc2C(C)(C)C)cc1. The second-order valence-corrected chi connectivity index (χ2v) is 8.26. The van der Waals surface area contributed by atoms with Crippen LogP contribution in [0.1, 0.15) is 71.8 Å². The van der Waals surface area contributed by atoms with Gasteiger partial charge in [-0.15, -0.1) is 0 Å². The number of benzene rings is 2. The summed E-state index contributed by atoms with van der Waals surface area (Å²) in [5.41, 5.74) is 2.39. The first kappa shape index (κ1) is 21.9. The van der Waals surface area contributed by atoms with E-state index in [0.29, 0.717) is 0 Å². The summed E-state index contributed by atoms with van der Waals surface area (Å²) in [4.78, 5) is 0. The van der Waals surface area contributed by atoms with Crippen LogP contribution in [0, 0.1) is 0 Å². The van der Waals surface area contributed by atoms with E-state index in [1.54, 1.807) is 18.2 Å². The number of phenols is 1. The molecule has 0 amide bonds. The molecule has 0 aliphatic heterocycles. The standard InChI is InChI=1S/C24H34N2O2/c1-5-6-7-8-9-10-17-28-21-14-11-19(12-15-21)25-26-23-16-13-20(27)18-22(23)24(2,3)4/h11-16,18,27H,5-10,17H2,1-4H3. The summed E-state index contributed by atoms with van der Waals surface area (Å²) in [5, 5.41) is 18.5. The van der Waals surface area contributed by atoms with E-state index in [1.165, 1.54) is 32.1 Å². The molecular formula is C24H34N2O2. The Morgan fingerprint density at radius 2 is 1.54 bits per heavy atom. The van der Waals surface area contributed by atoms with Crippen LogP contribution in [-0.4, -0.2) is 11.7 Å². The van der Waals surface area contributed by atoms with Crippen LogP contribution in [-0.2, 0) is 5.41 Å². The zero-order chi connectivity index (χ0) is 20.4. The quantitative estimate of drug-likeness (QED) is 0.336. The third kappa shape index (κ3) is 7.34. The normalized spacial score (nSPS) is 11.9. The summed E-state index contributed by atoms with van der Waals surface area (Å²) in [5.74, 6) is 1.11. The summed E-state index contributed by atoms with van der Waals surface area (Å²) in [6.07, 6.45) is 7.57. The summed E-state index contributed by atoms with van der Waals surface area (Å²) < 4.78 is 5.81. The molecule has 0 atom stereocenters. The molecule has 2 aromatic carbocycles. The summed E-state index contributed by atoms with van der Waals surface area (Å²) in [7, 11) is 0. The van der Waals surface area contributed by atoms with Crippen LogP contribution < -0.4 is 4.74 Å². The maximum absolute atomic E-state index is 9.77. The number of nitrogens with zero attached hydrogens (tertiary/aromatic N) is 2. The number of hydrogen-bond donors (Lipinski definition) is 1. The third-order valence-corrected chi connectivity index (χ3v) is 4.66. The molecule has 0 aromatic heterocycles. The molecular weight excluding hydrogens is 348 g/mol. The smallest absolute Gasteiger partial charge is 0.119 e. The van der Waals surface area contributed by atoms with E-state index in [1.807, 2.05) is 24.3 Å². The fraction of sp³-hybridized carbons (Fsp3) is 0.500. The predicted molar refractivity (Wildman–Crippen MR) is 116 cm³/mol. The Balaban J connectivity index is 1.89. The van der Waals surface area contributed by atoms with Gasteiger partial charge in [-0.1, -0.05) is 59.8 Å². The number of unbranched alkanes of at least 4 members (excludes halogenated alkanes) is 5. The van der Waals surface area contributed by atoms with Crippen LogP contribution in [0.4, 0.5) is 11.4 Å². The molecule has 4 nitrogen and oxygen atoms in total. The highest BCUT2D eigenvalue weighted by Crippen LogP contribution is 2.35. The van der Waals surface area contributed by atoms with Gasteiger partial charge in [-0.2, -0.15) is 10.2 Å². The number of phenolic OH excluding ortho intramolecular Hbond substituents is 1. The number of azo groups is 1. The minimum atomic E-state index is -0.124. The van der Waals surface area contributed by atoms with E-state index in [0.717, 1.165) is 35.7 Å². The van der Waals surface area contributed by atoms with Crippen molar-refractivity contribution in [2.45, 2.75) is 71.6 Å². The Hall–Kier alpha value is -2.36. The minimum Gasteiger partial charge on any atom is -0.508 e. The van der Waals surface area contributed by atoms with Crippen molar-refractivity contribution in [2.75, 3.05) is 6.61 Å². The van der Waals surface area contributed by atoms with Gasteiger partial charge in [0.1, 0.15) is 11.5 Å². The lowest BCUT2D eigenvalue weighted by atomic mass is 9.86. The lowest BCUT2D eigenvalue weighted by Gasteiger charge is -2.20. The molecule has 0 unspecified atom stereocenters. The highest BCUT2D eigenvalue weighted by atomic mass is 16.5. The van der Waals surface area contributed by atoms with Crippen LogP contribution >= 0.6 is 0 Å². The van der Waals surface area contributed by atoms with Crippen LogP contribution in [0.25, 0.3) is 0 Å². The maximum atomic E-state index is 9.77. The molecule has 152 valence electrons. The van der Waals surface area contributed by atoms with E-state index in [9.17, 15) is 5.11 Å². The van der Waals surface area contributed by atoms with Crippen molar-refractivity contribution < 1.29 is 9.84 Å². The minimum absolute atomic E-state index is 0.124. The first-order chi connectivity index (χ1) is 13.4.